The minimum absolute atomic E-state index is 0.0584. The van der Waals surface area contributed by atoms with Crippen molar-refractivity contribution in [1.82, 2.24) is 10.2 Å². The van der Waals surface area contributed by atoms with Crippen LogP contribution >= 0.6 is 11.6 Å². The molecule has 0 spiro atoms. The zero-order valence-electron chi connectivity index (χ0n) is 11.4. The number of nitrogens with two attached hydrogens (primary N) is 1. The number of benzene rings is 1. The first-order valence-corrected chi connectivity index (χ1v) is 6.72. The van der Waals surface area contributed by atoms with Crippen LogP contribution in [0.3, 0.4) is 0 Å². The Morgan fingerprint density at radius 2 is 2.05 bits per heavy atom. The summed E-state index contributed by atoms with van der Waals surface area (Å²) in [4.78, 5) is 0. The quantitative estimate of drug-likeness (QED) is 0.847. The molecule has 0 atom stereocenters. The fraction of sp³-hybridized carbons (Fsp3) is 0.357. The lowest BCUT2D eigenvalue weighted by atomic mass is 9.97. The van der Waals surface area contributed by atoms with Gasteiger partial charge in [-0.25, -0.2) is 0 Å². The number of hydrogen-bond acceptors (Lipinski definition) is 4. The standard InChI is InChI=1S/C14H16ClN3O2/c1-14(2)6-19-11-4-8(9-5-17-18-13(9)16)3-10(15)12(11)20-7-14/h3-5H,6-7H2,1-2H3,(H3,16,17,18). The zero-order chi connectivity index (χ0) is 14.3. The van der Waals surface area contributed by atoms with Crippen molar-refractivity contribution in [3.05, 3.63) is 23.4 Å². The first kappa shape index (κ1) is 13.1. The maximum absolute atomic E-state index is 6.31. The number of aromatic amines is 1. The Morgan fingerprint density at radius 3 is 2.75 bits per heavy atom. The predicted octanol–water partition coefficient (Wildman–Crippen LogP) is 3.11. The number of H-pyrrole nitrogens is 1. The second-order valence-corrected chi connectivity index (χ2v) is 6.13. The maximum atomic E-state index is 6.31. The van der Waals surface area contributed by atoms with Gasteiger partial charge >= 0.3 is 0 Å². The molecule has 1 aliphatic rings. The molecule has 1 aromatic carbocycles. The SMILES string of the molecule is CC1(C)COc2cc(-c3cn[nH]c3N)cc(Cl)c2OC1. The summed E-state index contributed by atoms with van der Waals surface area (Å²) in [5.74, 6) is 1.72. The van der Waals surface area contributed by atoms with E-state index in [1.165, 1.54) is 0 Å². The number of nitrogen functional groups attached to an aromatic ring is 1. The molecule has 2 heterocycles. The van der Waals surface area contributed by atoms with Crippen molar-refractivity contribution in [1.29, 1.82) is 0 Å². The number of hydrogen-bond donors (Lipinski definition) is 2. The molecule has 0 fully saturated rings. The van der Waals surface area contributed by atoms with Crippen molar-refractivity contribution >= 4 is 17.4 Å². The van der Waals surface area contributed by atoms with Gasteiger partial charge in [0, 0.05) is 11.0 Å². The Kier molecular flexibility index (Phi) is 3.01. The molecule has 0 radical (unpaired) electrons. The Balaban J connectivity index is 2.05. The number of anilines is 1. The number of aromatic nitrogens is 2. The normalized spacial score (nSPS) is 16.8. The largest absolute Gasteiger partial charge is 0.489 e. The van der Waals surface area contributed by atoms with Crippen LogP contribution in [0.25, 0.3) is 11.1 Å². The van der Waals surface area contributed by atoms with Crippen LogP contribution in [0.1, 0.15) is 13.8 Å². The molecular formula is C14H16ClN3O2. The summed E-state index contributed by atoms with van der Waals surface area (Å²) in [5, 5.41) is 7.13. The summed E-state index contributed by atoms with van der Waals surface area (Å²) in [5.41, 5.74) is 7.42. The van der Waals surface area contributed by atoms with Gasteiger partial charge in [-0.2, -0.15) is 5.10 Å². The van der Waals surface area contributed by atoms with Gasteiger partial charge in [-0.1, -0.05) is 25.4 Å². The monoisotopic (exact) mass is 293 g/mol. The average molecular weight is 294 g/mol. The van der Waals surface area contributed by atoms with Crippen molar-refractivity contribution in [2.45, 2.75) is 13.8 Å². The van der Waals surface area contributed by atoms with Gasteiger partial charge in [-0.15, -0.1) is 0 Å². The maximum Gasteiger partial charge on any atom is 0.179 e. The summed E-state index contributed by atoms with van der Waals surface area (Å²) in [7, 11) is 0. The van der Waals surface area contributed by atoms with Crippen LogP contribution in [0, 0.1) is 5.41 Å². The molecule has 3 N–H and O–H groups in total. The molecule has 5 nitrogen and oxygen atoms in total. The number of nitrogens with one attached hydrogen (secondary N) is 1. The number of fused-ring (bicyclic) bond motifs is 1. The van der Waals surface area contributed by atoms with E-state index in [0.29, 0.717) is 35.6 Å². The highest BCUT2D eigenvalue weighted by Gasteiger charge is 2.27. The second kappa shape index (κ2) is 4.59. The van der Waals surface area contributed by atoms with Crippen molar-refractivity contribution in [3.63, 3.8) is 0 Å². The van der Waals surface area contributed by atoms with Crippen LogP contribution in [0.15, 0.2) is 18.3 Å². The highest BCUT2D eigenvalue weighted by Crippen LogP contribution is 2.43. The molecule has 106 valence electrons. The Morgan fingerprint density at radius 1 is 1.30 bits per heavy atom. The Bertz CT molecular complexity index is 652. The van der Waals surface area contributed by atoms with E-state index < -0.39 is 0 Å². The summed E-state index contributed by atoms with van der Waals surface area (Å²) >= 11 is 6.31. The molecule has 6 heteroatoms. The molecule has 0 amide bonds. The van der Waals surface area contributed by atoms with Crippen LogP contribution in [0.4, 0.5) is 5.82 Å². The lowest BCUT2D eigenvalue weighted by Gasteiger charge is -2.19. The van der Waals surface area contributed by atoms with Gasteiger partial charge in [-0.3, -0.25) is 5.10 Å². The molecular weight excluding hydrogens is 278 g/mol. The molecule has 0 saturated heterocycles. The molecule has 0 aliphatic carbocycles. The molecule has 3 rings (SSSR count). The highest BCUT2D eigenvalue weighted by molar-refractivity contribution is 6.32. The number of halogens is 1. The van der Waals surface area contributed by atoms with Gasteiger partial charge in [0.05, 0.1) is 24.4 Å². The van der Waals surface area contributed by atoms with Crippen LogP contribution < -0.4 is 15.2 Å². The fourth-order valence-electron chi connectivity index (χ4n) is 2.08. The average Bonchev–Trinajstić information content (AvgIpc) is 2.74. The second-order valence-electron chi connectivity index (χ2n) is 5.72. The van der Waals surface area contributed by atoms with E-state index in [4.69, 9.17) is 26.8 Å². The summed E-state index contributed by atoms with van der Waals surface area (Å²) < 4.78 is 11.6. The zero-order valence-corrected chi connectivity index (χ0v) is 12.1. The van der Waals surface area contributed by atoms with E-state index >= 15 is 0 Å². The van der Waals surface area contributed by atoms with Gasteiger partial charge in [0.25, 0.3) is 0 Å². The third-order valence-electron chi connectivity index (χ3n) is 3.22. The minimum Gasteiger partial charge on any atom is -0.489 e. The van der Waals surface area contributed by atoms with Crippen molar-refractivity contribution in [2.75, 3.05) is 18.9 Å². The third kappa shape index (κ3) is 2.29. The smallest absolute Gasteiger partial charge is 0.179 e. The number of rotatable bonds is 1. The van der Waals surface area contributed by atoms with Crippen molar-refractivity contribution in [3.8, 4) is 22.6 Å². The van der Waals surface area contributed by atoms with Gasteiger partial charge < -0.3 is 15.2 Å². The molecule has 2 aromatic rings. The van der Waals surface area contributed by atoms with Crippen molar-refractivity contribution < 1.29 is 9.47 Å². The van der Waals surface area contributed by atoms with E-state index in [-0.39, 0.29) is 5.41 Å². The van der Waals surface area contributed by atoms with Crippen LogP contribution in [0.5, 0.6) is 11.5 Å². The Labute approximate surface area is 122 Å². The van der Waals surface area contributed by atoms with Crippen LogP contribution in [-0.4, -0.2) is 23.4 Å². The number of ether oxygens (including phenoxy) is 2. The van der Waals surface area contributed by atoms with Crippen LogP contribution in [0.2, 0.25) is 5.02 Å². The topological polar surface area (TPSA) is 73.2 Å². The highest BCUT2D eigenvalue weighted by atomic mass is 35.5. The lowest BCUT2D eigenvalue weighted by molar-refractivity contribution is 0.140. The molecule has 20 heavy (non-hydrogen) atoms. The third-order valence-corrected chi connectivity index (χ3v) is 3.50. The predicted molar refractivity (Wildman–Crippen MR) is 78.2 cm³/mol. The van der Waals surface area contributed by atoms with E-state index in [0.717, 1.165) is 11.1 Å². The first-order valence-electron chi connectivity index (χ1n) is 6.35. The first-order chi connectivity index (χ1) is 9.46. The van der Waals surface area contributed by atoms with Crippen LogP contribution in [-0.2, 0) is 0 Å². The molecule has 0 unspecified atom stereocenters. The number of nitrogens with zero attached hydrogens (tertiary/aromatic N) is 1. The van der Waals surface area contributed by atoms with Gasteiger partial charge in [0.1, 0.15) is 5.82 Å². The van der Waals surface area contributed by atoms with Gasteiger partial charge in [0.2, 0.25) is 0 Å². The summed E-state index contributed by atoms with van der Waals surface area (Å²) in [6.07, 6.45) is 1.66. The van der Waals surface area contributed by atoms with Gasteiger partial charge in [-0.05, 0) is 17.7 Å². The van der Waals surface area contributed by atoms with E-state index in [9.17, 15) is 0 Å². The Hall–Kier alpha value is -1.88. The van der Waals surface area contributed by atoms with E-state index in [1.54, 1.807) is 6.20 Å². The van der Waals surface area contributed by atoms with Crippen molar-refractivity contribution in [2.24, 2.45) is 5.41 Å². The summed E-state index contributed by atoms with van der Waals surface area (Å²) in [6, 6.07) is 3.69. The molecule has 0 saturated carbocycles. The molecule has 1 aliphatic heterocycles. The van der Waals surface area contributed by atoms with Gasteiger partial charge in [0.15, 0.2) is 11.5 Å². The minimum atomic E-state index is -0.0584. The van der Waals surface area contributed by atoms with E-state index in [2.05, 4.69) is 24.0 Å². The molecule has 1 aromatic heterocycles. The summed E-state index contributed by atoms with van der Waals surface area (Å²) in [6.45, 7) is 5.30. The fourth-order valence-corrected chi connectivity index (χ4v) is 2.34. The lowest BCUT2D eigenvalue weighted by Crippen LogP contribution is -2.26. The van der Waals surface area contributed by atoms with E-state index in [1.807, 2.05) is 12.1 Å². The molecule has 0 bridgehead atoms.